The SMILES string of the molecule is COc1ccc(N(CC(=O)N(Cc2ccc(C)cc2)[C@H](C)C(=O)NC(C)(C)C)S(=O)(=O)c2ccc(C)c([N+](=O)[O-])c2)cc1. The number of nitro groups is 1. The lowest BCUT2D eigenvalue weighted by atomic mass is 10.1. The van der Waals surface area contributed by atoms with Gasteiger partial charge in [0.1, 0.15) is 18.3 Å². The standard InChI is InChI=1S/C31H38N4O7S/c1-21-8-11-24(12-9-21)19-33(23(3)30(37)32-31(4,5)6)29(36)20-34(25-13-15-26(42-7)16-14-25)43(40,41)27-17-10-22(2)28(18-27)35(38)39/h8-18,23H,19-20H2,1-7H3,(H,32,37)/t23-/m1/s1. The number of sulfonamides is 1. The van der Waals surface area contributed by atoms with Crippen LogP contribution >= 0.6 is 0 Å². The van der Waals surface area contributed by atoms with E-state index in [9.17, 15) is 28.1 Å². The summed E-state index contributed by atoms with van der Waals surface area (Å²) in [4.78, 5) is 39.2. The van der Waals surface area contributed by atoms with Crippen molar-refractivity contribution in [3.63, 3.8) is 0 Å². The Labute approximate surface area is 252 Å². The first kappa shape index (κ1) is 33.1. The van der Waals surface area contributed by atoms with Crippen LogP contribution < -0.4 is 14.4 Å². The van der Waals surface area contributed by atoms with Crippen LogP contribution in [0.5, 0.6) is 5.75 Å². The third-order valence-corrected chi connectivity index (χ3v) is 8.51. The summed E-state index contributed by atoms with van der Waals surface area (Å²) in [5.41, 5.74) is 1.27. The zero-order valence-electron chi connectivity index (χ0n) is 25.5. The molecule has 0 bridgehead atoms. The van der Waals surface area contributed by atoms with Gasteiger partial charge in [-0.3, -0.25) is 24.0 Å². The van der Waals surface area contributed by atoms with E-state index < -0.39 is 44.9 Å². The molecule has 0 aliphatic heterocycles. The Balaban J connectivity index is 2.10. The number of benzene rings is 3. The molecule has 1 atom stereocenters. The molecule has 3 rings (SSSR count). The molecule has 12 heteroatoms. The lowest BCUT2D eigenvalue weighted by Crippen LogP contribution is -2.54. The normalized spacial score (nSPS) is 12.3. The molecular formula is C31H38N4O7S. The zero-order chi connectivity index (χ0) is 32.1. The lowest BCUT2D eigenvalue weighted by Gasteiger charge is -2.33. The molecule has 3 aromatic carbocycles. The zero-order valence-corrected chi connectivity index (χ0v) is 26.3. The summed E-state index contributed by atoms with van der Waals surface area (Å²) in [6, 6.07) is 16.1. The number of nitro benzene ring substituents is 1. The van der Waals surface area contributed by atoms with Gasteiger partial charge in [0.05, 0.1) is 22.6 Å². The molecular weight excluding hydrogens is 572 g/mol. The number of amides is 2. The highest BCUT2D eigenvalue weighted by molar-refractivity contribution is 7.92. The minimum Gasteiger partial charge on any atom is -0.497 e. The number of nitrogens with one attached hydrogen (secondary N) is 1. The van der Waals surface area contributed by atoms with E-state index in [2.05, 4.69) is 5.32 Å². The molecule has 0 fully saturated rings. The molecule has 0 aromatic heterocycles. The summed E-state index contributed by atoms with van der Waals surface area (Å²) in [6.07, 6.45) is 0. The van der Waals surface area contributed by atoms with E-state index in [1.165, 1.54) is 43.2 Å². The van der Waals surface area contributed by atoms with Gasteiger partial charge in [-0.1, -0.05) is 35.9 Å². The minimum atomic E-state index is -4.49. The maximum absolute atomic E-state index is 14.0. The molecule has 11 nitrogen and oxygen atoms in total. The van der Waals surface area contributed by atoms with Crippen LogP contribution in [-0.4, -0.2) is 55.3 Å². The number of carbonyl (C=O) groups is 2. The average molecular weight is 611 g/mol. The fraction of sp³-hybridized carbons (Fsp3) is 0.355. The van der Waals surface area contributed by atoms with Crippen LogP contribution in [0.2, 0.25) is 0 Å². The van der Waals surface area contributed by atoms with E-state index in [-0.39, 0.29) is 22.8 Å². The van der Waals surface area contributed by atoms with E-state index in [1.54, 1.807) is 19.1 Å². The maximum atomic E-state index is 14.0. The van der Waals surface area contributed by atoms with Crippen molar-refractivity contribution in [1.29, 1.82) is 0 Å². The Kier molecular flexibility index (Phi) is 10.2. The quantitative estimate of drug-likeness (QED) is 0.244. The number of carbonyl (C=O) groups excluding carboxylic acids is 2. The molecule has 2 amide bonds. The molecule has 0 saturated carbocycles. The first-order chi connectivity index (χ1) is 20.0. The Morgan fingerprint density at radius 2 is 1.60 bits per heavy atom. The number of hydrogen-bond acceptors (Lipinski definition) is 7. The van der Waals surface area contributed by atoms with Crippen LogP contribution in [0, 0.1) is 24.0 Å². The van der Waals surface area contributed by atoms with Crippen molar-refractivity contribution in [2.75, 3.05) is 18.0 Å². The summed E-state index contributed by atoms with van der Waals surface area (Å²) in [7, 11) is -3.02. The van der Waals surface area contributed by atoms with Crippen LogP contribution in [0.1, 0.15) is 44.4 Å². The smallest absolute Gasteiger partial charge is 0.273 e. The molecule has 3 aromatic rings. The highest BCUT2D eigenvalue weighted by atomic mass is 32.2. The minimum absolute atomic E-state index is 0.0460. The van der Waals surface area contributed by atoms with E-state index >= 15 is 0 Å². The fourth-order valence-electron chi connectivity index (χ4n) is 4.30. The molecule has 0 aliphatic carbocycles. The lowest BCUT2D eigenvalue weighted by molar-refractivity contribution is -0.385. The van der Waals surface area contributed by atoms with Crippen molar-refractivity contribution in [3.05, 3.63) is 93.5 Å². The summed E-state index contributed by atoms with van der Waals surface area (Å²) >= 11 is 0. The number of ether oxygens (including phenoxy) is 1. The summed E-state index contributed by atoms with van der Waals surface area (Å²) in [5.74, 6) is -0.578. The highest BCUT2D eigenvalue weighted by Crippen LogP contribution is 2.29. The van der Waals surface area contributed by atoms with E-state index in [0.29, 0.717) is 11.3 Å². The predicted molar refractivity (Wildman–Crippen MR) is 164 cm³/mol. The van der Waals surface area contributed by atoms with E-state index in [1.807, 2.05) is 52.0 Å². The Bertz CT molecular complexity index is 1580. The van der Waals surface area contributed by atoms with Gasteiger partial charge in [-0.05, 0) is 77.4 Å². The van der Waals surface area contributed by atoms with Gasteiger partial charge in [-0.25, -0.2) is 8.42 Å². The van der Waals surface area contributed by atoms with Crippen molar-refractivity contribution >= 4 is 33.2 Å². The molecule has 0 spiro atoms. The first-order valence-corrected chi connectivity index (χ1v) is 15.1. The summed E-state index contributed by atoms with van der Waals surface area (Å²) in [5, 5.41) is 14.5. The summed E-state index contributed by atoms with van der Waals surface area (Å²) in [6.45, 7) is 9.86. The third kappa shape index (κ3) is 8.31. The van der Waals surface area contributed by atoms with Crippen LogP contribution in [0.15, 0.2) is 71.6 Å². The van der Waals surface area contributed by atoms with Crippen molar-refractivity contribution < 1.29 is 27.7 Å². The third-order valence-electron chi connectivity index (χ3n) is 6.74. The number of methoxy groups -OCH3 is 1. The van der Waals surface area contributed by atoms with Gasteiger partial charge in [0.15, 0.2) is 0 Å². The molecule has 0 unspecified atom stereocenters. The number of hydrogen-bond donors (Lipinski definition) is 1. The first-order valence-electron chi connectivity index (χ1n) is 13.6. The van der Waals surface area contributed by atoms with Crippen LogP contribution in [0.3, 0.4) is 0 Å². The van der Waals surface area contributed by atoms with Gasteiger partial charge < -0.3 is 15.0 Å². The van der Waals surface area contributed by atoms with Gasteiger partial charge in [-0.2, -0.15) is 0 Å². The van der Waals surface area contributed by atoms with Crippen molar-refractivity contribution in [2.24, 2.45) is 0 Å². The van der Waals surface area contributed by atoms with Crippen molar-refractivity contribution in [2.45, 2.75) is 64.6 Å². The van der Waals surface area contributed by atoms with Crippen LogP contribution in [-0.2, 0) is 26.2 Å². The van der Waals surface area contributed by atoms with Crippen molar-refractivity contribution in [3.8, 4) is 5.75 Å². The number of nitrogens with zero attached hydrogens (tertiary/aromatic N) is 3. The highest BCUT2D eigenvalue weighted by Gasteiger charge is 2.34. The van der Waals surface area contributed by atoms with E-state index in [4.69, 9.17) is 4.74 Å². The second kappa shape index (κ2) is 13.2. The van der Waals surface area contributed by atoms with Gasteiger partial charge in [-0.15, -0.1) is 0 Å². The second-order valence-electron chi connectivity index (χ2n) is 11.3. The monoisotopic (exact) mass is 610 g/mol. The fourth-order valence-corrected chi connectivity index (χ4v) is 5.73. The van der Waals surface area contributed by atoms with E-state index in [0.717, 1.165) is 21.5 Å². The average Bonchev–Trinajstić information content (AvgIpc) is 2.94. The van der Waals surface area contributed by atoms with Crippen LogP contribution in [0.4, 0.5) is 11.4 Å². The summed E-state index contributed by atoms with van der Waals surface area (Å²) < 4.78 is 34.2. The number of rotatable bonds is 11. The van der Waals surface area contributed by atoms with Crippen LogP contribution in [0.25, 0.3) is 0 Å². The van der Waals surface area contributed by atoms with Gasteiger partial charge in [0.2, 0.25) is 11.8 Å². The largest absolute Gasteiger partial charge is 0.497 e. The van der Waals surface area contributed by atoms with Gasteiger partial charge in [0, 0.05) is 23.7 Å². The van der Waals surface area contributed by atoms with Crippen molar-refractivity contribution in [1.82, 2.24) is 10.2 Å². The Hall–Kier alpha value is -4.45. The maximum Gasteiger partial charge on any atom is 0.273 e. The number of aryl methyl sites for hydroxylation is 2. The topological polar surface area (TPSA) is 139 Å². The Morgan fingerprint density at radius 3 is 2.14 bits per heavy atom. The molecule has 0 saturated heterocycles. The molecule has 230 valence electrons. The molecule has 0 radical (unpaired) electrons. The molecule has 1 N–H and O–H groups in total. The Morgan fingerprint density at radius 1 is 1.00 bits per heavy atom. The molecule has 0 aliphatic rings. The second-order valence-corrected chi connectivity index (χ2v) is 13.2. The number of anilines is 1. The predicted octanol–water partition coefficient (Wildman–Crippen LogP) is 4.75. The molecule has 43 heavy (non-hydrogen) atoms. The van der Waals surface area contributed by atoms with Gasteiger partial charge >= 0.3 is 0 Å². The molecule has 0 heterocycles. The van der Waals surface area contributed by atoms with Gasteiger partial charge in [0.25, 0.3) is 15.7 Å².